The Morgan fingerprint density at radius 2 is 2.04 bits per heavy atom. The number of aromatic nitrogens is 2. The van der Waals surface area contributed by atoms with E-state index in [4.69, 9.17) is 0 Å². The quantitative estimate of drug-likeness (QED) is 0.321. The van der Waals surface area contributed by atoms with Crippen LogP contribution in [-0.2, 0) is 0 Å². The number of nitrogens with zero attached hydrogens (tertiary/aromatic N) is 5. The summed E-state index contributed by atoms with van der Waals surface area (Å²) in [5.41, 5.74) is 1.48. The van der Waals surface area contributed by atoms with Crippen LogP contribution in [0.2, 0.25) is 0 Å². The van der Waals surface area contributed by atoms with Gasteiger partial charge in [-0.2, -0.15) is 0 Å². The second-order valence-electron chi connectivity index (χ2n) is 5.11. The lowest BCUT2D eigenvalue weighted by atomic mass is 10.2. The molecule has 0 fully saturated rings. The van der Waals surface area contributed by atoms with Crippen molar-refractivity contribution < 1.29 is 10.0 Å². The lowest BCUT2D eigenvalue weighted by Crippen LogP contribution is -1.86. The van der Waals surface area contributed by atoms with E-state index in [2.05, 4.69) is 20.2 Å². The molecule has 4 aromatic rings. The largest absolute Gasteiger partial charge is 0.506 e. The van der Waals surface area contributed by atoms with Gasteiger partial charge in [0, 0.05) is 23.7 Å². The fourth-order valence-corrected chi connectivity index (χ4v) is 3.15. The molecule has 2 heterocycles. The molecule has 2 aromatic carbocycles. The van der Waals surface area contributed by atoms with Crippen LogP contribution >= 0.6 is 11.3 Å². The number of nitro benzene ring substituents is 1. The Balaban J connectivity index is 1.74. The summed E-state index contributed by atoms with van der Waals surface area (Å²) in [5, 5.41) is 30.0. The van der Waals surface area contributed by atoms with E-state index in [-0.39, 0.29) is 11.4 Å². The zero-order valence-corrected chi connectivity index (χ0v) is 13.3. The fourth-order valence-electron chi connectivity index (χ4n) is 2.39. The number of non-ortho nitro benzene ring substituents is 1. The van der Waals surface area contributed by atoms with Gasteiger partial charge >= 0.3 is 0 Å². The summed E-state index contributed by atoms with van der Waals surface area (Å²) in [6.07, 6.45) is 1.59. The van der Waals surface area contributed by atoms with Gasteiger partial charge in [0.2, 0.25) is 5.13 Å². The maximum Gasteiger partial charge on any atom is 0.271 e. The number of pyridine rings is 1. The maximum absolute atomic E-state index is 10.8. The van der Waals surface area contributed by atoms with Crippen LogP contribution in [0.15, 0.2) is 58.9 Å². The van der Waals surface area contributed by atoms with E-state index in [0.717, 1.165) is 4.70 Å². The van der Waals surface area contributed by atoms with Crippen molar-refractivity contribution in [3.05, 3.63) is 58.8 Å². The minimum atomic E-state index is -0.463. The number of benzene rings is 2. The highest BCUT2D eigenvalue weighted by molar-refractivity contribution is 7.21. The number of phenols is 1. The molecule has 8 nitrogen and oxygen atoms in total. The molecule has 122 valence electrons. The van der Waals surface area contributed by atoms with Crippen LogP contribution in [0.4, 0.5) is 16.5 Å². The van der Waals surface area contributed by atoms with Crippen LogP contribution in [-0.4, -0.2) is 20.0 Å². The number of nitro groups is 1. The Bertz CT molecular complexity index is 1160. The molecule has 0 aliphatic rings. The van der Waals surface area contributed by atoms with Gasteiger partial charge in [0.15, 0.2) is 0 Å². The molecule has 1 N–H and O–H groups in total. The maximum atomic E-state index is 10.8. The molecule has 25 heavy (non-hydrogen) atoms. The molecule has 9 heteroatoms. The van der Waals surface area contributed by atoms with E-state index >= 15 is 0 Å². The summed E-state index contributed by atoms with van der Waals surface area (Å²) in [7, 11) is 0. The van der Waals surface area contributed by atoms with Crippen LogP contribution in [0, 0.1) is 10.1 Å². The molecule has 0 bridgehead atoms. The van der Waals surface area contributed by atoms with Crippen molar-refractivity contribution in [2.75, 3.05) is 0 Å². The molecular formula is C16H9N5O3S. The van der Waals surface area contributed by atoms with Gasteiger partial charge in [0.25, 0.3) is 5.69 Å². The molecule has 0 unspecified atom stereocenters. The molecule has 0 amide bonds. The molecule has 0 aliphatic carbocycles. The normalized spacial score (nSPS) is 11.5. The average Bonchev–Trinajstić information content (AvgIpc) is 3.03. The van der Waals surface area contributed by atoms with Crippen LogP contribution < -0.4 is 0 Å². The summed E-state index contributed by atoms with van der Waals surface area (Å²) >= 11 is 1.29. The van der Waals surface area contributed by atoms with Crippen LogP contribution in [0.1, 0.15) is 0 Å². The van der Waals surface area contributed by atoms with Crippen molar-refractivity contribution in [1.29, 1.82) is 0 Å². The van der Waals surface area contributed by atoms with Crippen molar-refractivity contribution in [3.8, 4) is 5.75 Å². The van der Waals surface area contributed by atoms with Crippen molar-refractivity contribution >= 4 is 49.0 Å². The summed E-state index contributed by atoms with van der Waals surface area (Å²) in [5.74, 6) is 0.0712. The first kappa shape index (κ1) is 15.1. The summed E-state index contributed by atoms with van der Waals surface area (Å²) in [4.78, 5) is 18.8. The van der Waals surface area contributed by atoms with Crippen molar-refractivity contribution in [1.82, 2.24) is 9.97 Å². The highest BCUT2D eigenvalue weighted by atomic mass is 32.1. The van der Waals surface area contributed by atoms with Gasteiger partial charge in [-0.25, -0.2) is 4.98 Å². The number of thiazole rings is 1. The van der Waals surface area contributed by atoms with Crippen LogP contribution in [0.25, 0.3) is 21.1 Å². The number of rotatable bonds is 3. The first-order valence-electron chi connectivity index (χ1n) is 7.15. The predicted octanol–water partition coefficient (Wildman–Crippen LogP) is 4.87. The van der Waals surface area contributed by atoms with E-state index in [1.165, 1.54) is 29.5 Å². The third kappa shape index (κ3) is 2.76. The lowest BCUT2D eigenvalue weighted by molar-refractivity contribution is -0.384. The topological polar surface area (TPSA) is 114 Å². The number of fused-ring (bicyclic) bond motifs is 2. The van der Waals surface area contributed by atoms with Crippen molar-refractivity contribution in [3.63, 3.8) is 0 Å². The van der Waals surface area contributed by atoms with E-state index in [9.17, 15) is 15.2 Å². The highest BCUT2D eigenvalue weighted by Crippen LogP contribution is 2.34. The van der Waals surface area contributed by atoms with Gasteiger partial charge < -0.3 is 5.11 Å². The number of aromatic hydroxyl groups is 1. The average molecular weight is 351 g/mol. The molecule has 0 atom stereocenters. The summed E-state index contributed by atoms with van der Waals surface area (Å²) < 4.78 is 0.789. The van der Waals surface area contributed by atoms with Crippen LogP contribution in [0.3, 0.4) is 0 Å². The zero-order valence-electron chi connectivity index (χ0n) is 12.5. The summed E-state index contributed by atoms with van der Waals surface area (Å²) in [6, 6.07) is 11.2. The Labute approximate surface area is 144 Å². The first-order chi connectivity index (χ1) is 12.1. The fraction of sp³-hybridized carbons (Fsp3) is 0. The molecular weight excluding hydrogens is 342 g/mol. The van der Waals surface area contributed by atoms with Crippen molar-refractivity contribution in [2.45, 2.75) is 0 Å². The number of hydrogen-bond donors (Lipinski definition) is 1. The Morgan fingerprint density at radius 3 is 2.88 bits per heavy atom. The van der Waals surface area contributed by atoms with E-state index in [0.29, 0.717) is 27.2 Å². The SMILES string of the molecule is O=[N+]([O-])c1ccc2sc(N=Nc3ccc(O)c4ncccc34)nc2c1. The van der Waals surface area contributed by atoms with Crippen LogP contribution in [0.5, 0.6) is 5.75 Å². The third-order valence-electron chi connectivity index (χ3n) is 3.54. The Morgan fingerprint density at radius 1 is 1.16 bits per heavy atom. The monoisotopic (exact) mass is 351 g/mol. The number of phenolic OH excluding ortho intramolecular Hbond substituents is 1. The lowest BCUT2D eigenvalue weighted by Gasteiger charge is -2.01. The van der Waals surface area contributed by atoms with Gasteiger partial charge in [-0.3, -0.25) is 15.1 Å². The second kappa shape index (κ2) is 5.87. The van der Waals surface area contributed by atoms with Gasteiger partial charge in [-0.15, -0.1) is 10.2 Å². The number of azo groups is 1. The minimum absolute atomic E-state index is 0.0168. The van der Waals surface area contributed by atoms with Gasteiger partial charge in [0.05, 0.1) is 20.8 Å². The minimum Gasteiger partial charge on any atom is -0.506 e. The predicted molar refractivity (Wildman–Crippen MR) is 93.9 cm³/mol. The molecule has 0 spiro atoms. The standard InChI is InChI=1S/C16H9N5O3S/c22-13-5-4-11(10-2-1-7-17-15(10)13)19-20-16-18-12-8-9(21(23)24)3-6-14(12)25-16/h1-8,22H. The molecule has 4 rings (SSSR count). The van der Waals surface area contributed by atoms with E-state index in [1.54, 1.807) is 30.5 Å². The van der Waals surface area contributed by atoms with Gasteiger partial charge in [-0.05, 0) is 30.3 Å². The Kier molecular flexibility index (Phi) is 3.55. The van der Waals surface area contributed by atoms with E-state index in [1.807, 2.05) is 0 Å². The molecule has 0 saturated carbocycles. The van der Waals surface area contributed by atoms with Gasteiger partial charge in [0.1, 0.15) is 11.3 Å². The molecule has 0 aliphatic heterocycles. The van der Waals surface area contributed by atoms with E-state index < -0.39 is 4.92 Å². The molecule has 0 saturated heterocycles. The van der Waals surface area contributed by atoms with Gasteiger partial charge in [-0.1, -0.05) is 11.3 Å². The number of hydrogen-bond acceptors (Lipinski definition) is 8. The highest BCUT2D eigenvalue weighted by Gasteiger charge is 2.10. The zero-order chi connectivity index (χ0) is 17.4. The second-order valence-corrected chi connectivity index (χ2v) is 6.12. The molecule has 2 aromatic heterocycles. The van der Waals surface area contributed by atoms with Crippen molar-refractivity contribution in [2.24, 2.45) is 10.2 Å². The summed E-state index contributed by atoms with van der Waals surface area (Å²) in [6.45, 7) is 0. The Hall–Kier alpha value is -3.46. The molecule has 0 radical (unpaired) electrons. The third-order valence-corrected chi connectivity index (χ3v) is 4.46. The first-order valence-corrected chi connectivity index (χ1v) is 7.97. The smallest absolute Gasteiger partial charge is 0.271 e.